The number of allylic oxidation sites excluding steroid dienone is 4. The maximum atomic E-state index is 2.44. The first-order valence-electron chi connectivity index (χ1n) is 5.53. The highest BCUT2D eigenvalue weighted by Crippen LogP contribution is 2.57. The van der Waals surface area contributed by atoms with Crippen molar-refractivity contribution in [2.75, 3.05) is 0 Å². The monoisotopic (exact) mass is 176 g/mol. The fraction of sp³-hybridized carbons (Fsp3) is 0.692. The average Bonchev–Trinajstić information content (AvgIpc) is 2.82. The van der Waals surface area contributed by atoms with Gasteiger partial charge in [-0.15, -0.1) is 0 Å². The van der Waals surface area contributed by atoms with Crippen molar-refractivity contribution in [2.45, 2.75) is 40.0 Å². The van der Waals surface area contributed by atoms with Crippen molar-refractivity contribution in [3.63, 3.8) is 0 Å². The van der Waals surface area contributed by atoms with Crippen LogP contribution in [0.25, 0.3) is 0 Å². The topological polar surface area (TPSA) is 0 Å². The summed E-state index contributed by atoms with van der Waals surface area (Å²) in [5.74, 6) is 1.86. The third-order valence-corrected chi connectivity index (χ3v) is 3.85. The van der Waals surface area contributed by atoms with Gasteiger partial charge in [0, 0.05) is 0 Å². The van der Waals surface area contributed by atoms with E-state index in [1.54, 1.807) is 5.57 Å². The van der Waals surface area contributed by atoms with Crippen molar-refractivity contribution in [1.82, 2.24) is 0 Å². The highest BCUT2D eigenvalue weighted by atomic mass is 14.5. The summed E-state index contributed by atoms with van der Waals surface area (Å²) in [5, 5.41) is 0. The third kappa shape index (κ3) is 1.47. The maximum Gasteiger partial charge on any atom is -0.0109 e. The Morgan fingerprint density at radius 1 is 1.54 bits per heavy atom. The van der Waals surface area contributed by atoms with Gasteiger partial charge in [0.2, 0.25) is 0 Å². The molecule has 0 N–H and O–H groups in total. The lowest BCUT2D eigenvalue weighted by Gasteiger charge is -2.25. The van der Waals surface area contributed by atoms with E-state index >= 15 is 0 Å². The Kier molecular flexibility index (Phi) is 2.09. The minimum Gasteiger partial charge on any atom is -0.0783 e. The average molecular weight is 176 g/mol. The quantitative estimate of drug-likeness (QED) is 0.597. The van der Waals surface area contributed by atoms with Gasteiger partial charge in [-0.3, -0.25) is 0 Å². The smallest absolute Gasteiger partial charge is 0.0109 e. The van der Waals surface area contributed by atoms with Gasteiger partial charge in [0.15, 0.2) is 0 Å². The van der Waals surface area contributed by atoms with Crippen molar-refractivity contribution >= 4 is 0 Å². The van der Waals surface area contributed by atoms with E-state index in [-0.39, 0.29) is 0 Å². The predicted octanol–water partition coefficient (Wildman–Crippen LogP) is 3.95. The normalized spacial score (nSPS) is 42.2. The molecule has 0 heteroatoms. The lowest BCUT2D eigenvalue weighted by molar-refractivity contribution is 0.322. The molecule has 0 aromatic heterocycles. The van der Waals surface area contributed by atoms with Crippen LogP contribution < -0.4 is 0 Å². The molecule has 0 aliphatic heterocycles. The number of hydrogen-bond acceptors (Lipinski definition) is 0. The van der Waals surface area contributed by atoms with Crippen LogP contribution in [0.3, 0.4) is 0 Å². The van der Waals surface area contributed by atoms with Crippen LogP contribution in [0.5, 0.6) is 0 Å². The second-order valence-electron chi connectivity index (χ2n) is 4.97. The van der Waals surface area contributed by atoms with E-state index < -0.39 is 0 Å². The summed E-state index contributed by atoms with van der Waals surface area (Å²) in [5.41, 5.74) is 2.09. The predicted molar refractivity (Wildman–Crippen MR) is 57.5 cm³/mol. The van der Waals surface area contributed by atoms with Crippen LogP contribution in [0, 0.1) is 17.3 Å². The summed E-state index contributed by atoms with van der Waals surface area (Å²) in [6.07, 6.45) is 11.1. The molecule has 0 aromatic rings. The molecule has 3 atom stereocenters. The van der Waals surface area contributed by atoms with Gasteiger partial charge >= 0.3 is 0 Å². The van der Waals surface area contributed by atoms with E-state index in [9.17, 15) is 0 Å². The van der Waals surface area contributed by atoms with Gasteiger partial charge in [-0.25, -0.2) is 0 Å². The highest BCUT2D eigenvalue weighted by molar-refractivity contribution is 5.27. The molecular formula is C13H20. The van der Waals surface area contributed by atoms with Gasteiger partial charge in [-0.1, -0.05) is 44.1 Å². The van der Waals surface area contributed by atoms with E-state index in [1.165, 1.54) is 19.3 Å². The zero-order valence-electron chi connectivity index (χ0n) is 9.01. The Hall–Kier alpha value is -0.520. The van der Waals surface area contributed by atoms with Gasteiger partial charge in [-0.05, 0) is 37.0 Å². The largest absolute Gasteiger partial charge is 0.0783 e. The zero-order valence-corrected chi connectivity index (χ0v) is 9.01. The standard InChI is InChI=1S/C13H20/c1-4-7-13(3)8-5-6-10(2)11-9-12(11)13/h5-6,8,11-12H,4,7,9H2,1-3H3/t11-,12+,13+/m1/s1. The van der Waals surface area contributed by atoms with Gasteiger partial charge < -0.3 is 0 Å². The Balaban J connectivity index is 2.17. The van der Waals surface area contributed by atoms with E-state index in [0.717, 1.165) is 11.8 Å². The van der Waals surface area contributed by atoms with Crippen LogP contribution >= 0.6 is 0 Å². The van der Waals surface area contributed by atoms with Gasteiger partial charge in [0.1, 0.15) is 0 Å². The van der Waals surface area contributed by atoms with Crippen molar-refractivity contribution in [1.29, 1.82) is 0 Å². The van der Waals surface area contributed by atoms with Crippen molar-refractivity contribution in [2.24, 2.45) is 17.3 Å². The zero-order chi connectivity index (χ0) is 9.47. The highest BCUT2D eigenvalue weighted by Gasteiger charge is 2.49. The molecule has 0 spiro atoms. The molecule has 0 heterocycles. The minimum absolute atomic E-state index is 0.494. The SMILES string of the molecule is CCC[C@@]1(C)C=CC=C(C)[C@H]2C[C@@H]21. The van der Waals surface area contributed by atoms with Crippen LogP contribution in [0.15, 0.2) is 23.8 Å². The Bertz CT molecular complexity index is 259. The van der Waals surface area contributed by atoms with Crippen LogP contribution in [-0.4, -0.2) is 0 Å². The lowest BCUT2D eigenvalue weighted by atomic mass is 9.79. The molecule has 0 bridgehead atoms. The molecule has 2 rings (SSSR count). The molecule has 0 radical (unpaired) electrons. The molecule has 1 saturated carbocycles. The second kappa shape index (κ2) is 3.01. The molecule has 0 unspecified atom stereocenters. The summed E-state index contributed by atoms with van der Waals surface area (Å²) in [7, 11) is 0. The second-order valence-corrected chi connectivity index (χ2v) is 4.97. The third-order valence-electron chi connectivity index (χ3n) is 3.85. The first-order chi connectivity index (χ1) is 6.17. The van der Waals surface area contributed by atoms with Gasteiger partial charge in [0.25, 0.3) is 0 Å². The Morgan fingerprint density at radius 3 is 3.00 bits per heavy atom. The Morgan fingerprint density at radius 2 is 2.31 bits per heavy atom. The summed E-state index contributed by atoms with van der Waals surface area (Å²) < 4.78 is 0. The fourth-order valence-electron chi connectivity index (χ4n) is 2.90. The molecule has 13 heavy (non-hydrogen) atoms. The van der Waals surface area contributed by atoms with Crippen LogP contribution in [0.2, 0.25) is 0 Å². The lowest BCUT2D eigenvalue weighted by Crippen LogP contribution is -2.16. The summed E-state index contributed by atoms with van der Waals surface area (Å²) >= 11 is 0. The first kappa shape index (κ1) is 9.05. The number of rotatable bonds is 2. The van der Waals surface area contributed by atoms with Gasteiger partial charge in [0.05, 0.1) is 0 Å². The number of fused-ring (bicyclic) bond motifs is 1. The van der Waals surface area contributed by atoms with Crippen molar-refractivity contribution < 1.29 is 0 Å². The van der Waals surface area contributed by atoms with Crippen molar-refractivity contribution in [3.8, 4) is 0 Å². The number of hydrogen-bond donors (Lipinski definition) is 0. The van der Waals surface area contributed by atoms with E-state index in [4.69, 9.17) is 0 Å². The molecule has 0 nitrogen and oxygen atoms in total. The van der Waals surface area contributed by atoms with Crippen molar-refractivity contribution in [3.05, 3.63) is 23.8 Å². The summed E-state index contributed by atoms with van der Waals surface area (Å²) in [6.45, 7) is 7.01. The Labute approximate surface area is 81.7 Å². The maximum absolute atomic E-state index is 2.44. The molecule has 0 saturated heterocycles. The molecule has 2 aliphatic rings. The summed E-state index contributed by atoms with van der Waals surface area (Å²) in [4.78, 5) is 0. The first-order valence-corrected chi connectivity index (χ1v) is 5.53. The molecule has 1 fully saturated rings. The van der Waals surface area contributed by atoms with Gasteiger partial charge in [-0.2, -0.15) is 0 Å². The minimum atomic E-state index is 0.494. The van der Waals surface area contributed by atoms with Crippen LogP contribution in [0.1, 0.15) is 40.0 Å². The molecule has 0 amide bonds. The van der Waals surface area contributed by atoms with Crippen LogP contribution in [0.4, 0.5) is 0 Å². The van der Waals surface area contributed by atoms with E-state index in [2.05, 4.69) is 39.0 Å². The van der Waals surface area contributed by atoms with Crippen LogP contribution in [-0.2, 0) is 0 Å². The molecule has 2 aliphatic carbocycles. The van der Waals surface area contributed by atoms with E-state index in [0.29, 0.717) is 5.41 Å². The molecular weight excluding hydrogens is 156 g/mol. The fourth-order valence-corrected chi connectivity index (χ4v) is 2.90. The summed E-state index contributed by atoms with van der Waals surface area (Å²) in [6, 6.07) is 0. The molecule has 0 aromatic carbocycles. The van der Waals surface area contributed by atoms with E-state index in [1.807, 2.05) is 0 Å². The molecule has 72 valence electrons.